The van der Waals surface area contributed by atoms with Crippen LogP contribution < -0.4 is 0 Å². The highest BCUT2D eigenvalue weighted by atomic mass is 79.9. The molecule has 0 saturated heterocycles. The van der Waals surface area contributed by atoms with Crippen LogP contribution in [0.5, 0.6) is 0 Å². The van der Waals surface area contributed by atoms with Crippen LogP contribution in [0.25, 0.3) is 16.9 Å². The number of fused-ring (bicyclic) bond motifs is 1. The minimum absolute atomic E-state index is 0.164. The van der Waals surface area contributed by atoms with E-state index in [1.807, 2.05) is 19.2 Å². The van der Waals surface area contributed by atoms with Crippen LogP contribution in [-0.2, 0) is 0 Å². The van der Waals surface area contributed by atoms with Crippen molar-refractivity contribution in [3.05, 3.63) is 58.3 Å². The predicted octanol–water partition coefficient (Wildman–Crippen LogP) is 4.35. The first-order valence-corrected chi connectivity index (χ1v) is 6.45. The van der Waals surface area contributed by atoms with Gasteiger partial charge < -0.3 is 4.40 Å². The molecular weight excluding hydrogens is 314 g/mol. The second kappa shape index (κ2) is 4.42. The first-order chi connectivity index (χ1) is 9.06. The monoisotopic (exact) mass is 322 g/mol. The summed E-state index contributed by atoms with van der Waals surface area (Å²) in [4.78, 5) is 4.32. The predicted molar refractivity (Wildman–Crippen MR) is 73.0 cm³/mol. The Balaban J connectivity index is 2.23. The Hall–Kier alpha value is -1.75. The number of aromatic nitrogens is 2. The molecule has 3 aromatic rings. The molecule has 2 heterocycles. The maximum Gasteiger partial charge on any atom is 0.168 e. The number of imidazole rings is 1. The fourth-order valence-corrected chi connectivity index (χ4v) is 2.27. The number of pyridine rings is 1. The van der Waals surface area contributed by atoms with Gasteiger partial charge in [0, 0.05) is 22.4 Å². The Kier molecular flexibility index (Phi) is 2.86. The Bertz CT molecular complexity index is 741. The third kappa shape index (κ3) is 2.04. The highest BCUT2D eigenvalue weighted by Gasteiger charge is 2.13. The molecular formula is C14H9BrF2N2. The first kappa shape index (κ1) is 12.3. The molecule has 0 fully saturated rings. The second-order valence-corrected chi connectivity index (χ2v) is 5.15. The minimum atomic E-state index is -0.873. The van der Waals surface area contributed by atoms with Crippen molar-refractivity contribution in [2.24, 2.45) is 0 Å². The fraction of sp³-hybridized carbons (Fsp3) is 0.0714. The molecule has 19 heavy (non-hydrogen) atoms. The van der Waals surface area contributed by atoms with Crippen molar-refractivity contribution in [1.29, 1.82) is 0 Å². The summed E-state index contributed by atoms with van der Waals surface area (Å²) in [5.41, 5.74) is 2.30. The Morgan fingerprint density at radius 1 is 1.21 bits per heavy atom. The van der Waals surface area contributed by atoms with Gasteiger partial charge in [-0.3, -0.25) is 0 Å². The van der Waals surface area contributed by atoms with Crippen LogP contribution in [0.4, 0.5) is 8.78 Å². The van der Waals surface area contributed by atoms with Crippen molar-refractivity contribution >= 4 is 21.6 Å². The normalized spacial score (nSPS) is 11.2. The van der Waals surface area contributed by atoms with E-state index in [9.17, 15) is 8.78 Å². The molecule has 0 amide bonds. The number of aryl methyl sites for hydroxylation is 1. The number of nitrogens with zero attached hydrogens (tertiary/aromatic N) is 2. The van der Waals surface area contributed by atoms with Gasteiger partial charge >= 0.3 is 0 Å². The van der Waals surface area contributed by atoms with Gasteiger partial charge in [-0.2, -0.15) is 0 Å². The molecule has 1 aromatic carbocycles. The van der Waals surface area contributed by atoms with Crippen LogP contribution in [0.1, 0.15) is 5.56 Å². The highest BCUT2D eigenvalue weighted by Crippen LogP contribution is 2.25. The largest absolute Gasteiger partial charge is 0.305 e. The molecule has 0 spiro atoms. The van der Waals surface area contributed by atoms with Crippen molar-refractivity contribution in [3.63, 3.8) is 0 Å². The molecule has 0 saturated carbocycles. The van der Waals surface area contributed by atoms with E-state index in [0.717, 1.165) is 16.1 Å². The fourth-order valence-electron chi connectivity index (χ4n) is 1.94. The Morgan fingerprint density at radius 2 is 2.00 bits per heavy atom. The lowest BCUT2D eigenvalue weighted by molar-refractivity contribution is 0.511. The molecule has 0 atom stereocenters. The Morgan fingerprint density at radius 3 is 2.79 bits per heavy atom. The van der Waals surface area contributed by atoms with E-state index in [4.69, 9.17) is 0 Å². The lowest BCUT2D eigenvalue weighted by atomic mass is 10.1. The molecule has 0 N–H and O–H groups in total. The van der Waals surface area contributed by atoms with Crippen LogP contribution in [-0.4, -0.2) is 9.38 Å². The number of hydrogen-bond donors (Lipinski definition) is 0. The van der Waals surface area contributed by atoms with E-state index < -0.39 is 11.6 Å². The average Bonchev–Trinajstić information content (AvgIpc) is 2.76. The van der Waals surface area contributed by atoms with Gasteiger partial charge in [0.2, 0.25) is 0 Å². The molecule has 0 aliphatic carbocycles. The number of halogens is 3. The quantitative estimate of drug-likeness (QED) is 0.651. The minimum Gasteiger partial charge on any atom is -0.305 e. The molecule has 2 nitrogen and oxygen atoms in total. The van der Waals surface area contributed by atoms with Crippen molar-refractivity contribution in [2.45, 2.75) is 6.92 Å². The standard InChI is InChI=1S/C14H9BrF2N2/c1-8-5-13-18-12(7-19(13)6-10(8)15)9-3-2-4-11(16)14(9)17/h2-7H,1H3. The van der Waals surface area contributed by atoms with E-state index in [2.05, 4.69) is 20.9 Å². The zero-order valence-electron chi connectivity index (χ0n) is 9.99. The van der Waals surface area contributed by atoms with Gasteiger partial charge in [-0.1, -0.05) is 6.07 Å². The van der Waals surface area contributed by atoms with Crippen molar-refractivity contribution < 1.29 is 8.78 Å². The molecule has 3 rings (SSSR count). The smallest absolute Gasteiger partial charge is 0.168 e. The topological polar surface area (TPSA) is 17.3 Å². The molecule has 0 bridgehead atoms. The summed E-state index contributed by atoms with van der Waals surface area (Å²) in [5.74, 6) is -1.74. The maximum atomic E-state index is 13.7. The number of rotatable bonds is 1. The van der Waals surface area contributed by atoms with Gasteiger partial charge in [0.1, 0.15) is 5.65 Å². The van der Waals surface area contributed by atoms with Crippen LogP contribution in [0.15, 0.2) is 41.1 Å². The van der Waals surface area contributed by atoms with Crippen molar-refractivity contribution in [2.75, 3.05) is 0 Å². The van der Waals surface area contributed by atoms with Crippen LogP contribution in [0, 0.1) is 18.6 Å². The number of benzene rings is 1. The van der Waals surface area contributed by atoms with Gasteiger partial charge in [0.05, 0.1) is 5.69 Å². The van der Waals surface area contributed by atoms with Crippen LogP contribution in [0.2, 0.25) is 0 Å². The molecule has 0 radical (unpaired) electrons. The third-order valence-corrected chi connectivity index (χ3v) is 3.79. The lowest BCUT2D eigenvalue weighted by Crippen LogP contribution is -1.88. The Labute approximate surface area is 116 Å². The SMILES string of the molecule is Cc1cc2nc(-c3cccc(F)c3F)cn2cc1Br. The van der Waals surface area contributed by atoms with E-state index in [1.54, 1.807) is 10.6 Å². The third-order valence-electron chi connectivity index (χ3n) is 2.96. The van der Waals surface area contributed by atoms with Gasteiger partial charge in [-0.15, -0.1) is 0 Å². The number of hydrogen-bond acceptors (Lipinski definition) is 1. The van der Waals surface area contributed by atoms with Gasteiger partial charge in [-0.05, 0) is 46.6 Å². The summed E-state index contributed by atoms with van der Waals surface area (Å²) in [7, 11) is 0. The average molecular weight is 323 g/mol. The van der Waals surface area contributed by atoms with Gasteiger partial charge in [-0.25, -0.2) is 13.8 Å². The van der Waals surface area contributed by atoms with E-state index in [0.29, 0.717) is 11.3 Å². The van der Waals surface area contributed by atoms with E-state index in [-0.39, 0.29) is 5.56 Å². The maximum absolute atomic E-state index is 13.7. The molecule has 2 aromatic heterocycles. The summed E-state index contributed by atoms with van der Waals surface area (Å²) in [6, 6.07) is 5.96. The van der Waals surface area contributed by atoms with E-state index >= 15 is 0 Å². The first-order valence-electron chi connectivity index (χ1n) is 5.65. The summed E-state index contributed by atoms with van der Waals surface area (Å²) >= 11 is 3.43. The zero-order valence-corrected chi connectivity index (χ0v) is 11.6. The van der Waals surface area contributed by atoms with Gasteiger partial charge in [0.25, 0.3) is 0 Å². The molecule has 0 aliphatic heterocycles. The van der Waals surface area contributed by atoms with Crippen molar-refractivity contribution in [1.82, 2.24) is 9.38 Å². The summed E-state index contributed by atoms with van der Waals surface area (Å²) < 4.78 is 29.7. The molecule has 5 heteroatoms. The summed E-state index contributed by atoms with van der Waals surface area (Å²) in [5, 5.41) is 0. The highest BCUT2D eigenvalue weighted by molar-refractivity contribution is 9.10. The van der Waals surface area contributed by atoms with Crippen molar-refractivity contribution in [3.8, 4) is 11.3 Å². The summed E-state index contributed by atoms with van der Waals surface area (Å²) in [6.45, 7) is 1.95. The molecule has 0 unspecified atom stereocenters. The van der Waals surface area contributed by atoms with E-state index in [1.165, 1.54) is 12.1 Å². The van der Waals surface area contributed by atoms with Crippen LogP contribution >= 0.6 is 15.9 Å². The summed E-state index contributed by atoms with van der Waals surface area (Å²) in [6.07, 6.45) is 3.52. The zero-order chi connectivity index (χ0) is 13.6. The second-order valence-electron chi connectivity index (χ2n) is 4.30. The molecule has 0 aliphatic rings. The van der Waals surface area contributed by atoms with Crippen LogP contribution in [0.3, 0.4) is 0 Å². The lowest BCUT2D eigenvalue weighted by Gasteiger charge is -1.98. The van der Waals surface area contributed by atoms with Gasteiger partial charge in [0.15, 0.2) is 11.6 Å². The molecule has 96 valence electrons.